The van der Waals surface area contributed by atoms with E-state index in [4.69, 9.17) is 5.73 Å². The standard InChI is InChI=1S/C12H11Si.C10H22N.C9H13.Ti/c1-3-7-11(8-4-1)13-12-9-5-2-6-10-12;1-2-3-4-5-6-7-8-9-10-11;1-6-5-7(2)9(4)8(6)3;/h1-10,13H;11H,2-10H2,1H3;5H,1-4H3;/q;2*-1;+2. The Morgan fingerprint density at radius 2 is 1.15 bits per heavy atom. The average molecular weight is 509 g/mol. The summed E-state index contributed by atoms with van der Waals surface area (Å²) in [6.45, 7) is 11.6. The van der Waals surface area contributed by atoms with Crippen molar-refractivity contribution in [1.82, 2.24) is 0 Å². The van der Waals surface area contributed by atoms with Gasteiger partial charge in [-0.1, -0.05) is 157 Å². The molecule has 0 atom stereocenters. The molecule has 0 spiro atoms. The van der Waals surface area contributed by atoms with Crippen molar-refractivity contribution in [1.29, 1.82) is 0 Å². The number of hydrogen-bond acceptors (Lipinski definition) is 0. The molecule has 0 fully saturated rings. The van der Waals surface area contributed by atoms with Crippen LogP contribution in [0, 0.1) is 27.7 Å². The number of aryl methyl sites for hydroxylation is 2. The maximum atomic E-state index is 6.95. The molecular weight excluding hydrogens is 462 g/mol. The third kappa shape index (κ3) is 14.8. The van der Waals surface area contributed by atoms with Gasteiger partial charge in [0.15, 0.2) is 0 Å². The smallest absolute Gasteiger partial charge is 0.677 e. The van der Waals surface area contributed by atoms with Crippen molar-refractivity contribution in [2.45, 2.75) is 86.0 Å². The Hall–Kier alpha value is -1.32. The van der Waals surface area contributed by atoms with Crippen LogP contribution in [-0.2, 0) is 21.7 Å². The Morgan fingerprint density at radius 3 is 1.47 bits per heavy atom. The van der Waals surface area contributed by atoms with Crippen LogP contribution in [0.15, 0.2) is 66.7 Å². The second-order valence-corrected chi connectivity index (χ2v) is 10.6. The maximum Gasteiger partial charge on any atom is 2.00 e. The van der Waals surface area contributed by atoms with E-state index < -0.39 is 0 Å². The molecule has 0 aliphatic rings. The first kappa shape index (κ1) is 32.7. The molecule has 0 unspecified atom stereocenters. The van der Waals surface area contributed by atoms with Crippen LogP contribution in [0.2, 0.25) is 0 Å². The van der Waals surface area contributed by atoms with Crippen LogP contribution in [-0.4, -0.2) is 16.1 Å². The second kappa shape index (κ2) is 21.0. The molecule has 0 saturated heterocycles. The third-order valence-electron chi connectivity index (χ3n) is 6.14. The molecule has 3 aromatic rings. The molecule has 0 aliphatic carbocycles. The van der Waals surface area contributed by atoms with Crippen LogP contribution in [0.3, 0.4) is 0 Å². The zero-order valence-electron chi connectivity index (χ0n) is 22.3. The first-order valence-electron chi connectivity index (χ1n) is 12.8. The van der Waals surface area contributed by atoms with Crippen LogP contribution in [0.5, 0.6) is 0 Å². The van der Waals surface area contributed by atoms with Crippen molar-refractivity contribution in [3.8, 4) is 0 Å². The molecule has 183 valence electrons. The topological polar surface area (TPSA) is 23.8 Å². The van der Waals surface area contributed by atoms with Gasteiger partial charge in [-0.05, 0) is 0 Å². The summed E-state index contributed by atoms with van der Waals surface area (Å²) in [5.74, 6) is 0. The molecule has 0 bridgehead atoms. The fourth-order valence-corrected chi connectivity index (χ4v) is 4.90. The summed E-state index contributed by atoms with van der Waals surface area (Å²) in [4.78, 5) is 0. The predicted octanol–water partition coefficient (Wildman–Crippen LogP) is 7.89. The number of rotatable bonds is 10. The molecule has 34 heavy (non-hydrogen) atoms. The monoisotopic (exact) mass is 508 g/mol. The van der Waals surface area contributed by atoms with Gasteiger partial charge in [0, 0.05) is 0 Å². The maximum absolute atomic E-state index is 6.95. The van der Waals surface area contributed by atoms with Crippen LogP contribution in [0.4, 0.5) is 0 Å². The molecule has 0 aliphatic heterocycles. The molecule has 1 N–H and O–H groups in total. The van der Waals surface area contributed by atoms with E-state index in [0.29, 0.717) is 6.54 Å². The summed E-state index contributed by atoms with van der Waals surface area (Å²) >= 11 is 0. The fraction of sp³-hybridized carbons (Fsp3) is 0.452. The minimum Gasteiger partial charge on any atom is -0.677 e. The SMILES string of the molecule is CCCCCCCCCC[NH-].Cc1c[c-](C)c(C)c1C.[Ti+2].c1ccc([SiH]c2ccccc2)cc1. The largest absolute Gasteiger partial charge is 2.00 e. The van der Waals surface area contributed by atoms with E-state index >= 15 is 0 Å². The van der Waals surface area contributed by atoms with E-state index in [1.54, 1.807) is 0 Å². The van der Waals surface area contributed by atoms with Gasteiger partial charge in [0.25, 0.3) is 0 Å². The van der Waals surface area contributed by atoms with Crippen molar-refractivity contribution in [2.75, 3.05) is 6.54 Å². The zero-order valence-corrected chi connectivity index (χ0v) is 25.0. The number of benzene rings is 2. The number of hydrogen-bond donors (Lipinski definition) is 0. The van der Waals surface area contributed by atoms with Gasteiger partial charge in [0.05, 0.1) is 0 Å². The normalized spacial score (nSPS) is 9.82. The van der Waals surface area contributed by atoms with Crippen LogP contribution in [0.1, 0.15) is 80.5 Å². The van der Waals surface area contributed by atoms with Crippen molar-refractivity contribution in [3.63, 3.8) is 0 Å². The van der Waals surface area contributed by atoms with Gasteiger partial charge in [0.1, 0.15) is 9.52 Å². The van der Waals surface area contributed by atoms with Crippen molar-refractivity contribution in [2.24, 2.45) is 0 Å². The number of nitrogens with one attached hydrogen (secondary N) is 1. The molecule has 3 rings (SSSR count). The summed E-state index contributed by atoms with van der Waals surface area (Å²) < 4.78 is 0. The Balaban J connectivity index is 0.000000482. The Bertz CT molecular complexity index is 775. The van der Waals surface area contributed by atoms with Gasteiger partial charge in [-0.3, -0.25) is 0 Å². The zero-order chi connectivity index (χ0) is 24.3. The van der Waals surface area contributed by atoms with E-state index in [1.807, 2.05) is 0 Å². The van der Waals surface area contributed by atoms with Gasteiger partial charge in [0.2, 0.25) is 0 Å². The minimum atomic E-state index is 0. The van der Waals surface area contributed by atoms with E-state index in [2.05, 4.69) is 101 Å². The van der Waals surface area contributed by atoms with E-state index in [0.717, 1.165) is 6.42 Å². The molecule has 0 amide bonds. The summed E-state index contributed by atoms with van der Waals surface area (Å²) in [6, 6.07) is 23.6. The molecule has 1 nitrogen and oxygen atoms in total. The van der Waals surface area contributed by atoms with E-state index in [1.165, 1.54) is 77.6 Å². The predicted molar refractivity (Wildman–Crippen MR) is 152 cm³/mol. The van der Waals surface area contributed by atoms with Crippen molar-refractivity contribution < 1.29 is 21.7 Å². The van der Waals surface area contributed by atoms with E-state index in [9.17, 15) is 0 Å². The molecule has 0 heterocycles. The van der Waals surface area contributed by atoms with Gasteiger partial charge in [-0.15, -0.1) is 0 Å². The first-order valence-corrected chi connectivity index (χ1v) is 13.9. The molecule has 0 aromatic heterocycles. The van der Waals surface area contributed by atoms with Crippen LogP contribution in [0.25, 0.3) is 5.73 Å². The Kier molecular flexibility index (Phi) is 20.2. The molecule has 3 heteroatoms. The number of unbranched alkanes of at least 4 members (excludes halogenated alkanes) is 7. The van der Waals surface area contributed by atoms with Gasteiger partial charge >= 0.3 is 21.7 Å². The first-order chi connectivity index (χ1) is 16.0. The van der Waals surface area contributed by atoms with Gasteiger partial charge in [-0.2, -0.15) is 34.9 Å². The van der Waals surface area contributed by atoms with Crippen LogP contribution >= 0.6 is 0 Å². The minimum absolute atomic E-state index is 0. The second-order valence-electron chi connectivity index (χ2n) is 8.95. The van der Waals surface area contributed by atoms with Gasteiger partial charge in [-0.25, -0.2) is 0 Å². The summed E-state index contributed by atoms with van der Waals surface area (Å²) in [5.41, 5.74) is 12.7. The quantitative estimate of drug-likeness (QED) is 0.151. The molecule has 0 saturated carbocycles. The van der Waals surface area contributed by atoms with Crippen molar-refractivity contribution in [3.05, 3.63) is 94.7 Å². The van der Waals surface area contributed by atoms with Crippen molar-refractivity contribution >= 4 is 19.9 Å². The van der Waals surface area contributed by atoms with E-state index in [-0.39, 0.29) is 31.2 Å². The third-order valence-corrected chi connectivity index (χ3v) is 7.58. The van der Waals surface area contributed by atoms with Crippen LogP contribution < -0.4 is 10.4 Å². The Labute approximate surface area is 228 Å². The molecule has 3 aromatic carbocycles. The molecule has 1 radical (unpaired) electrons. The Morgan fingerprint density at radius 1 is 0.706 bits per heavy atom. The van der Waals surface area contributed by atoms with Gasteiger partial charge < -0.3 is 5.73 Å². The summed E-state index contributed by atoms with van der Waals surface area (Å²) in [7, 11) is 0.271. The molecular formula is C31H46NSiTi. The fourth-order valence-electron chi connectivity index (χ4n) is 3.68. The average Bonchev–Trinajstić information content (AvgIpc) is 3.06. The summed E-state index contributed by atoms with van der Waals surface area (Å²) in [6.07, 6.45) is 10.7. The summed E-state index contributed by atoms with van der Waals surface area (Å²) in [5, 5.41) is 2.90.